The van der Waals surface area contributed by atoms with Gasteiger partial charge in [0.1, 0.15) is 5.82 Å². The summed E-state index contributed by atoms with van der Waals surface area (Å²) >= 11 is 0. The van der Waals surface area contributed by atoms with Crippen LogP contribution in [0, 0.1) is 5.92 Å². The molecule has 3 aromatic rings. The Bertz CT molecular complexity index is 1490. The monoisotopic (exact) mass is 585 g/mol. The number of fused-ring (bicyclic) bond motifs is 1. The van der Waals surface area contributed by atoms with Crippen LogP contribution in [0.3, 0.4) is 0 Å². The van der Waals surface area contributed by atoms with Gasteiger partial charge in [-0.2, -0.15) is 4.31 Å². The van der Waals surface area contributed by atoms with E-state index >= 15 is 0 Å². The topological polar surface area (TPSA) is 129 Å². The maximum Gasteiger partial charge on any atom is 0.243 e. The number of imidazole rings is 1. The van der Waals surface area contributed by atoms with Crippen LogP contribution in [-0.2, 0) is 26.1 Å². The molecule has 0 saturated carbocycles. The number of likely N-dealkylation sites (tertiary alicyclic amines) is 1. The lowest BCUT2D eigenvalue weighted by Crippen LogP contribution is -2.47. The zero-order valence-corrected chi connectivity index (χ0v) is 24.7. The van der Waals surface area contributed by atoms with E-state index in [1.165, 1.54) is 30.7 Å². The molecule has 2 saturated heterocycles. The Hall–Kier alpha value is -3.19. The number of ether oxygens (including phenoxy) is 3. The summed E-state index contributed by atoms with van der Waals surface area (Å²) in [7, 11) is 0.755. The SMILES string of the molecule is COCCCn1c(C2CCCN(C(=O)[C@@H]3CN(S(=O)(=O)c4ccc(OC)c(OC)c4)C[C@H]3N)C2)nc2ccccc21. The molecule has 2 aliphatic heterocycles. The molecule has 41 heavy (non-hydrogen) atoms. The second-order valence-corrected chi connectivity index (χ2v) is 12.6. The Morgan fingerprint density at radius 1 is 1.05 bits per heavy atom. The van der Waals surface area contributed by atoms with Gasteiger partial charge in [-0.25, -0.2) is 13.4 Å². The van der Waals surface area contributed by atoms with Gasteiger partial charge in [-0.3, -0.25) is 4.79 Å². The van der Waals surface area contributed by atoms with E-state index in [1.54, 1.807) is 13.2 Å². The Labute approximate surface area is 241 Å². The van der Waals surface area contributed by atoms with Gasteiger partial charge in [-0.1, -0.05) is 12.1 Å². The molecule has 2 N–H and O–H groups in total. The Kier molecular flexibility index (Phi) is 8.83. The van der Waals surface area contributed by atoms with E-state index < -0.39 is 22.0 Å². The van der Waals surface area contributed by atoms with Gasteiger partial charge in [-0.15, -0.1) is 0 Å². The van der Waals surface area contributed by atoms with Gasteiger partial charge < -0.3 is 29.4 Å². The molecule has 12 heteroatoms. The average molecular weight is 586 g/mol. The van der Waals surface area contributed by atoms with Crippen molar-refractivity contribution in [1.29, 1.82) is 0 Å². The average Bonchev–Trinajstić information content (AvgIpc) is 3.57. The molecule has 5 rings (SSSR count). The molecule has 11 nitrogen and oxygen atoms in total. The van der Waals surface area contributed by atoms with Crippen molar-refractivity contribution in [2.75, 3.05) is 54.1 Å². The number of hydrogen-bond acceptors (Lipinski definition) is 8. The smallest absolute Gasteiger partial charge is 0.243 e. The van der Waals surface area contributed by atoms with Gasteiger partial charge in [-0.05, 0) is 43.5 Å². The quantitative estimate of drug-likeness (QED) is 0.359. The fourth-order valence-corrected chi connectivity index (χ4v) is 7.52. The summed E-state index contributed by atoms with van der Waals surface area (Å²) in [6, 6.07) is 12.0. The van der Waals surface area contributed by atoms with E-state index in [0.717, 1.165) is 42.7 Å². The minimum atomic E-state index is -3.89. The molecule has 1 unspecified atom stereocenters. The van der Waals surface area contributed by atoms with Crippen molar-refractivity contribution in [3.8, 4) is 11.5 Å². The first-order valence-electron chi connectivity index (χ1n) is 14.0. The van der Waals surface area contributed by atoms with Gasteiger partial charge in [0.15, 0.2) is 11.5 Å². The normalized spacial score (nSPS) is 21.9. The first-order chi connectivity index (χ1) is 19.8. The largest absolute Gasteiger partial charge is 0.493 e. The van der Waals surface area contributed by atoms with E-state index in [0.29, 0.717) is 31.2 Å². The molecule has 222 valence electrons. The number of benzene rings is 2. The fraction of sp³-hybridized carbons (Fsp3) is 0.517. The maximum absolute atomic E-state index is 13.8. The Balaban J connectivity index is 1.32. The first-order valence-corrected chi connectivity index (χ1v) is 15.4. The first kappa shape index (κ1) is 29.3. The third kappa shape index (κ3) is 5.78. The molecule has 3 atom stereocenters. The van der Waals surface area contributed by atoms with Crippen molar-refractivity contribution in [3.63, 3.8) is 0 Å². The van der Waals surface area contributed by atoms with E-state index in [-0.39, 0.29) is 29.8 Å². The van der Waals surface area contributed by atoms with Crippen LogP contribution in [0.2, 0.25) is 0 Å². The number of piperidine rings is 1. The van der Waals surface area contributed by atoms with Gasteiger partial charge in [0, 0.05) is 64.5 Å². The summed E-state index contributed by atoms with van der Waals surface area (Å²) in [6.45, 7) is 2.68. The number of hydrogen-bond donors (Lipinski definition) is 1. The zero-order chi connectivity index (χ0) is 29.1. The second-order valence-electron chi connectivity index (χ2n) is 10.7. The van der Waals surface area contributed by atoms with Crippen molar-refractivity contribution in [2.45, 2.75) is 42.7 Å². The molecule has 2 aliphatic rings. The summed E-state index contributed by atoms with van der Waals surface area (Å²) < 4.78 is 46.3. The number of aryl methyl sites for hydroxylation is 1. The van der Waals surface area contributed by atoms with Gasteiger partial charge in [0.05, 0.1) is 36.1 Å². The zero-order valence-electron chi connectivity index (χ0n) is 23.9. The predicted molar refractivity (Wildman–Crippen MR) is 155 cm³/mol. The number of rotatable bonds is 10. The summed E-state index contributed by atoms with van der Waals surface area (Å²) in [4.78, 5) is 20.7. The highest BCUT2D eigenvalue weighted by molar-refractivity contribution is 7.89. The summed E-state index contributed by atoms with van der Waals surface area (Å²) in [5, 5.41) is 0. The molecule has 1 amide bonds. The maximum atomic E-state index is 13.8. The van der Waals surface area contributed by atoms with Crippen LogP contribution in [0.5, 0.6) is 11.5 Å². The number of para-hydroxylation sites is 2. The highest BCUT2D eigenvalue weighted by Gasteiger charge is 2.43. The molecule has 3 heterocycles. The van der Waals surface area contributed by atoms with Crippen molar-refractivity contribution >= 4 is 27.0 Å². The van der Waals surface area contributed by atoms with Crippen LogP contribution >= 0.6 is 0 Å². The number of amides is 1. The number of aromatic nitrogens is 2. The minimum Gasteiger partial charge on any atom is -0.493 e. The summed E-state index contributed by atoms with van der Waals surface area (Å²) in [6.07, 6.45) is 2.63. The van der Waals surface area contributed by atoms with Crippen molar-refractivity contribution in [3.05, 3.63) is 48.3 Å². The minimum absolute atomic E-state index is 0.0351. The summed E-state index contributed by atoms with van der Waals surface area (Å²) in [5.74, 6) is 1.08. The molecular formula is C29H39N5O6S. The van der Waals surface area contributed by atoms with Crippen LogP contribution in [0.25, 0.3) is 11.0 Å². The molecule has 0 radical (unpaired) electrons. The van der Waals surface area contributed by atoms with Gasteiger partial charge in [0.2, 0.25) is 15.9 Å². The van der Waals surface area contributed by atoms with Crippen molar-refractivity contribution in [1.82, 2.24) is 18.8 Å². The van der Waals surface area contributed by atoms with E-state index in [4.69, 9.17) is 24.9 Å². The summed E-state index contributed by atoms with van der Waals surface area (Å²) in [5.41, 5.74) is 8.44. The highest BCUT2D eigenvalue weighted by Crippen LogP contribution is 2.34. The van der Waals surface area contributed by atoms with E-state index in [1.807, 2.05) is 23.1 Å². The van der Waals surface area contributed by atoms with Crippen LogP contribution in [0.15, 0.2) is 47.4 Å². The predicted octanol–water partition coefficient (Wildman–Crippen LogP) is 2.44. The molecule has 1 aromatic heterocycles. The second kappa shape index (κ2) is 12.4. The van der Waals surface area contributed by atoms with Crippen molar-refractivity contribution in [2.24, 2.45) is 11.7 Å². The lowest BCUT2D eigenvalue weighted by Gasteiger charge is -2.35. The van der Waals surface area contributed by atoms with Crippen molar-refractivity contribution < 1.29 is 27.4 Å². The number of methoxy groups -OCH3 is 3. The number of carbonyl (C=O) groups excluding carboxylic acids is 1. The molecule has 0 bridgehead atoms. The van der Waals surface area contributed by atoms with Gasteiger partial charge >= 0.3 is 0 Å². The standard InChI is InChI=1S/C29H39N5O6S/c1-38-15-7-14-34-25-10-5-4-9-24(25)31-28(34)20-8-6-13-32(17-20)29(35)22-18-33(19-23(22)30)41(36,37)21-11-12-26(39-2)27(16-21)40-3/h4-5,9-12,16,20,22-23H,6-8,13-15,17-19,30H2,1-3H3/t20?,22-,23-/m1/s1. The van der Waals surface area contributed by atoms with Crippen LogP contribution in [0.1, 0.15) is 31.0 Å². The van der Waals surface area contributed by atoms with E-state index in [9.17, 15) is 13.2 Å². The third-order valence-corrected chi connectivity index (χ3v) is 9.98. The number of sulfonamides is 1. The number of nitrogens with two attached hydrogens (primary N) is 1. The molecule has 0 aliphatic carbocycles. The lowest BCUT2D eigenvalue weighted by atomic mass is 9.94. The van der Waals surface area contributed by atoms with Crippen LogP contribution in [-0.4, -0.2) is 93.2 Å². The molecule has 2 fully saturated rings. The van der Waals surface area contributed by atoms with Gasteiger partial charge in [0.25, 0.3) is 0 Å². The number of carbonyl (C=O) groups is 1. The Morgan fingerprint density at radius 3 is 2.59 bits per heavy atom. The Morgan fingerprint density at radius 2 is 1.83 bits per heavy atom. The molecule has 0 spiro atoms. The lowest BCUT2D eigenvalue weighted by molar-refractivity contribution is -0.136. The number of nitrogens with zero attached hydrogens (tertiary/aromatic N) is 4. The highest BCUT2D eigenvalue weighted by atomic mass is 32.2. The molecule has 2 aromatic carbocycles. The van der Waals surface area contributed by atoms with E-state index in [2.05, 4.69) is 10.6 Å². The van der Waals surface area contributed by atoms with Crippen LogP contribution < -0.4 is 15.2 Å². The third-order valence-electron chi connectivity index (χ3n) is 8.15. The molecular weight excluding hydrogens is 546 g/mol. The van der Waals surface area contributed by atoms with Crippen LogP contribution in [0.4, 0.5) is 0 Å². The fourth-order valence-electron chi connectivity index (χ4n) is 6.01.